The summed E-state index contributed by atoms with van der Waals surface area (Å²) in [5.74, 6) is -2.71. The third-order valence-corrected chi connectivity index (χ3v) is 6.29. The fraction of sp³-hybridized carbons (Fsp3) is 0.138. The lowest BCUT2D eigenvalue weighted by molar-refractivity contribution is -0.139. The van der Waals surface area contributed by atoms with Crippen molar-refractivity contribution in [1.29, 1.82) is 0 Å². The van der Waals surface area contributed by atoms with Gasteiger partial charge in [0.2, 0.25) is 5.82 Å². The van der Waals surface area contributed by atoms with Crippen LogP contribution < -0.4 is 5.32 Å². The minimum atomic E-state index is -1.34. The number of nitrogens with zero attached hydrogens (tertiary/aromatic N) is 4. The smallest absolute Gasteiger partial charge is 0.326 e. The molecule has 0 aliphatic heterocycles. The maximum Gasteiger partial charge on any atom is 0.326 e. The number of carbonyl (C=O) groups is 2. The van der Waals surface area contributed by atoms with Gasteiger partial charge in [0.15, 0.2) is 0 Å². The average molecular weight is 544 g/mol. The second kappa shape index (κ2) is 10.9. The van der Waals surface area contributed by atoms with Gasteiger partial charge in [-0.25, -0.2) is 18.3 Å². The summed E-state index contributed by atoms with van der Waals surface area (Å²) in [5, 5.41) is 20.1. The number of rotatable bonds is 8. The van der Waals surface area contributed by atoms with E-state index in [-0.39, 0.29) is 35.1 Å². The lowest BCUT2D eigenvalue weighted by Crippen LogP contribution is -2.42. The van der Waals surface area contributed by atoms with Crippen LogP contribution >= 0.6 is 0 Å². The SMILES string of the molecule is Cc1ccc(-c2nc(-c3ccc(CC(NC(=O)c4cnn(-c5ccc(F)c(C)c5)c4)C(=O)O)cc3F)no2)cc1. The van der Waals surface area contributed by atoms with Gasteiger partial charge in [0.25, 0.3) is 11.8 Å². The van der Waals surface area contributed by atoms with Gasteiger partial charge < -0.3 is 14.9 Å². The molecule has 2 heterocycles. The second-order valence-corrected chi connectivity index (χ2v) is 9.28. The fourth-order valence-electron chi connectivity index (χ4n) is 4.04. The van der Waals surface area contributed by atoms with E-state index >= 15 is 4.39 Å². The van der Waals surface area contributed by atoms with Crippen LogP contribution in [0.1, 0.15) is 27.0 Å². The minimum Gasteiger partial charge on any atom is -0.480 e. The van der Waals surface area contributed by atoms with Crippen LogP contribution in [0.5, 0.6) is 0 Å². The number of hydrogen-bond acceptors (Lipinski definition) is 6. The van der Waals surface area contributed by atoms with Crippen LogP contribution in [-0.2, 0) is 11.2 Å². The van der Waals surface area contributed by atoms with Gasteiger partial charge in [-0.3, -0.25) is 4.79 Å². The van der Waals surface area contributed by atoms with Gasteiger partial charge in [0.05, 0.1) is 23.0 Å². The molecule has 3 aromatic carbocycles. The number of carboxylic acid groups (broad SMARTS) is 1. The maximum absolute atomic E-state index is 15.0. The van der Waals surface area contributed by atoms with Crippen molar-refractivity contribution in [2.45, 2.75) is 26.3 Å². The summed E-state index contributed by atoms with van der Waals surface area (Å²) in [6.07, 6.45) is 2.51. The number of aliphatic carboxylic acids is 1. The van der Waals surface area contributed by atoms with E-state index in [1.165, 1.54) is 47.4 Å². The van der Waals surface area contributed by atoms with Gasteiger partial charge in [-0.2, -0.15) is 10.1 Å². The van der Waals surface area contributed by atoms with Crippen LogP contribution in [0.3, 0.4) is 0 Å². The van der Waals surface area contributed by atoms with Crippen molar-refractivity contribution >= 4 is 11.9 Å². The first-order valence-electron chi connectivity index (χ1n) is 12.2. The monoisotopic (exact) mass is 543 g/mol. The molecule has 9 nitrogen and oxygen atoms in total. The van der Waals surface area contributed by atoms with Crippen LogP contribution in [0.2, 0.25) is 0 Å². The Balaban J connectivity index is 1.28. The molecule has 202 valence electrons. The summed E-state index contributed by atoms with van der Waals surface area (Å²) in [6.45, 7) is 3.55. The van der Waals surface area contributed by atoms with Crippen LogP contribution in [0.15, 0.2) is 77.6 Å². The summed E-state index contributed by atoms with van der Waals surface area (Å²) in [4.78, 5) is 28.9. The molecule has 0 bridgehead atoms. The Bertz CT molecular complexity index is 1710. The third kappa shape index (κ3) is 5.63. The van der Waals surface area contributed by atoms with Gasteiger partial charge in [-0.15, -0.1) is 0 Å². The Labute approximate surface area is 227 Å². The molecule has 11 heteroatoms. The first-order valence-corrected chi connectivity index (χ1v) is 12.2. The predicted octanol–water partition coefficient (Wildman–Crippen LogP) is 4.91. The molecule has 2 N–H and O–H groups in total. The van der Waals surface area contributed by atoms with E-state index in [9.17, 15) is 19.1 Å². The molecule has 0 radical (unpaired) electrons. The largest absolute Gasteiger partial charge is 0.480 e. The van der Waals surface area contributed by atoms with Crippen LogP contribution in [-0.4, -0.2) is 42.9 Å². The predicted molar refractivity (Wildman–Crippen MR) is 141 cm³/mol. The van der Waals surface area contributed by atoms with E-state index in [4.69, 9.17) is 4.52 Å². The van der Waals surface area contributed by atoms with Crippen molar-refractivity contribution in [2.75, 3.05) is 0 Å². The minimum absolute atomic E-state index is 0.0519. The Morgan fingerprint density at radius 2 is 1.80 bits per heavy atom. The lowest BCUT2D eigenvalue weighted by atomic mass is 10.0. The highest BCUT2D eigenvalue weighted by Gasteiger charge is 2.23. The summed E-state index contributed by atoms with van der Waals surface area (Å²) < 4.78 is 35.2. The van der Waals surface area contributed by atoms with Gasteiger partial charge in [-0.05, 0) is 67.4 Å². The standard InChI is InChI=1S/C29H23F2N5O4/c1-16-3-6-19(7-4-16)28-34-26(35-40-28)22-9-5-18(12-24(22)31)13-25(29(38)39)33-27(37)20-14-32-36(15-20)21-8-10-23(30)17(2)11-21/h3-12,14-15,25H,13H2,1-2H3,(H,33,37)(H,38,39). The summed E-state index contributed by atoms with van der Waals surface area (Å²) in [6, 6.07) is 14.6. The van der Waals surface area contributed by atoms with Crippen LogP contribution in [0.25, 0.3) is 28.5 Å². The number of aryl methyl sites for hydroxylation is 2. The number of amides is 1. The molecule has 5 rings (SSSR count). The molecule has 1 amide bonds. The summed E-state index contributed by atoms with van der Waals surface area (Å²) in [7, 11) is 0. The second-order valence-electron chi connectivity index (χ2n) is 9.28. The zero-order valence-electron chi connectivity index (χ0n) is 21.4. The Morgan fingerprint density at radius 3 is 2.50 bits per heavy atom. The molecule has 0 saturated carbocycles. The molecule has 2 aromatic heterocycles. The Kier molecular flexibility index (Phi) is 7.19. The molecular weight excluding hydrogens is 520 g/mol. The van der Waals surface area contributed by atoms with Crippen molar-refractivity contribution in [3.8, 4) is 28.5 Å². The highest BCUT2D eigenvalue weighted by molar-refractivity contribution is 5.96. The molecular formula is C29H23F2N5O4. The van der Waals surface area contributed by atoms with E-state index in [1.54, 1.807) is 13.0 Å². The number of aromatic nitrogens is 4. The molecule has 0 aliphatic carbocycles. The van der Waals surface area contributed by atoms with Gasteiger partial charge in [-0.1, -0.05) is 28.9 Å². The van der Waals surface area contributed by atoms with Crippen LogP contribution in [0.4, 0.5) is 8.78 Å². The van der Waals surface area contributed by atoms with Gasteiger partial charge >= 0.3 is 5.97 Å². The van der Waals surface area contributed by atoms with E-state index in [2.05, 4.69) is 20.6 Å². The van der Waals surface area contributed by atoms with E-state index in [1.807, 2.05) is 31.2 Å². The zero-order chi connectivity index (χ0) is 28.4. The van der Waals surface area contributed by atoms with Crippen molar-refractivity contribution < 1.29 is 28.0 Å². The number of carboxylic acids is 1. The van der Waals surface area contributed by atoms with Gasteiger partial charge in [0, 0.05) is 18.2 Å². The number of carbonyl (C=O) groups excluding carboxylic acids is 1. The molecule has 0 fully saturated rings. The maximum atomic E-state index is 15.0. The third-order valence-electron chi connectivity index (χ3n) is 6.29. The van der Waals surface area contributed by atoms with E-state index in [0.29, 0.717) is 22.4 Å². The lowest BCUT2D eigenvalue weighted by Gasteiger charge is -2.14. The molecule has 0 spiro atoms. The Hall–Kier alpha value is -5.19. The highest BCUT2D eigenvalue weighted by atomic mass is 19.1. The normalized spacial score (nSPS) is 11.8. The molecule has 1 unspecified atom stereocenters. The molecule has 1 atom stereocenters. The first-order chi connectivity index (χ1) is 19.2. The van der Waals surface area contributed by atoms with Crippen molar-refractivity contribution in [3.63, 3.8) is 0 Å². The quantitative estimate of drug-likeness (QED) is 0.285. The van der Waals surface area contributed by atoms with Crippen molar-refractivity contribution in [1.82, 2.24) is 25.2 Å². The molecule has 0 saturated heterocycles. The number of hydrogen-bond donors (Lipinski definition) is 2. The van der Waals surface area contributed by atoms with E-state index < -0.39 is 23.7 Å². The summed E-state index contributed by atoms with van der Waals surface area (Å²) >= 11 is 0. The topological polar surface area (TPSA) is 123 Å². The summed E-state index contributed by atoms with van der Waals surface area (Å²) in [5.41, 5.74) is 3.25. The van der Waals surface area contributed by atoms with Crippen molar-refractivity contribution in [2.24, 2.45) is 0 Å². The van der Waals surface area contributed by atoms with Crippen LogP contribution in [0, 0.1) is 25.5 Å². The number of nitrogens with one attached hydrogen (secondary N) is 1. The number of halogens is 2. The first kappa shape index (κ1) is 26.4. The van der Waals surface area contributed by atoms with Gasteiger partial charge in [0.1, 0.15) is 17.7 Å². The molecule has 0 aliphatic rings. The fourth-order valence-corrected chi connectivity index (χ4v) is 4.04. The number of benzene rings is 3. The zero-order valence-corrected chi connectivity index (χ0v) is 21.4. The van der Waals surface area contributed by atoms with E-state index in [0.717, 1.165) is 5.56 Å². The molecule has 40 heavy (non-hydrogen) atoms. The molecule has 5 aromatic rings. The van der Waals surface area contributed by atoms with Crippen molar-refractivity contribution in [3.05, 3.63) is 107 Å². The Morgan fingerprint density at radius 1 is 1.02 bits per heavy atom. The highest BCUT2D eigenvalue weighted by Crippen LogP contribution is 2.25. The average Bonchev–Trinajstić information content (AvgIpc) is 3.61.